The standard InChI is InChI=1S/C21H27ClN2O3S/c1-5-7-16(3)23-21(25)14-24(20-9-6-8-19(22)17(20)4)28(26,27)18-12-10-15(2)11-13-18/h6,8-13,16H,5,7,14H2,1-4H3,(H,23,25)/t16-/m0/s1. The molecular weight excluding hydrogens is 396 g/mol. The molecule has 1 atom stereocenters. The Bertz CT molecular complexity index is 927. The van der Waals surface area contributed by atoms with Crippen LogP contribution in [0, 0.1) is 13.8 Å². The fourth-order valence-corrected chi connectivity index (χ4v) is 4.61. The fraction of sp³-hybridized carbons (Fsp3) is 0.381. The number of benzene rings is 2. The summed E-state index contributed by atoms with van der Waals surface area (Å²) in [5.74, 6) is -0.351. The van der Waals surface area contributed by atoms with E-state index in [-0.39, 0.29) is 23.4 Å². The number of nitrogens with one attached hydrogen (secondary N) is 1. The minimum absolute atomic E-state index is 0.0260. The van der Waals surface area contributed by atoms with Crippen molar-refractivity contribution >= 4 is 33.2 Å². The molecule has 0 fully saturated rings. The van der Waals surface area contributed by atoms with Crippen molar-refractivity contribution in [2.24, 2.45) is 0 Å². The number of nitrogens with zero attached hydrogens (tertiary/aromatic N) is 1. The van der Waals surface area contributed by atoms with E-state index in [0.29, 0.717) is 16.3 Å². The molecule has 1 amide bonds. The number of hydrogen-bond acceptors (Lipinski definition) is 3. The molecule has 2 aromatic rings. The predicted molar refractivity (Wildman–Crippen MR) is 114 cm³/mol. The van der Waals surface area contributed by atoms with Crippen molar-refractivity contribution in [3.63, 3.8) is 0 Å². The highest BCUT2D eigenvalue weighted by Crippen LogP contribution is 2.30. The van der Waals surface area contributed by atoms with E-state index >= 15 is 0 Å². The lowest BCUT2D eigenvalue weighted by Crippen LogP contribution is -2.43. The van der Waals surface area contributed by atoms with Crippen LogP contribution in [0.3, 0.4) is 0 Å². The van der Waals surface area contributed by atoms with Crippen molar-refractivity contribution in [3.05, 3.63) is 58.6 Å². The van der Waals surface area contributed by atoms with Gasteiger partial charge in [0.25, 0.3) is 10.0 Å². The first-order valence-corrected chi connectivity index (χ1v) is 11.1. The zero-order chi connectivity index (χ0) is 20.9. The van der Waals surface area contributed by atoms with Gasteiger partial charge in [0.1, 0.15) is 6.54 Å². The largest absolute Gasteiger partial charge is 0.352 e. The maximum absolute atomic E-state index is 13.4. The van der Waals surface area contributed by atoms with Gasteiger partial charge in [0.05, 0.1) is 10.6 Å². The van der Waals surface area contributed by atoms with Gasteiger partial charge in [-0.05, 0) is 57.0 Å². The number of halogens is 1. The first-order chi connectivity index (χ1) is 13.2. The Balaban J connectivity index is 2.45. The maximum atomic E-state index is 13.4. The van der Waals surface area contributed by atoms with E-state index in [4.69, 9.17) is 11.6 Å². The van der Waals surface area contributed by atoms with E-state index in [1.54, 1.807) is 49.4 Å². The van der Waals surface area contributed by atoms with E-state index in [2.05, 4.69) is 5.32 Å². The molecule has 1 N–H and O–H groups in total. The summed E-state index contributed by atoms with van der Waals surface area (Å²) >= 11 is 6.21. The van der Waals surface area contributed by atoms with Crippen LogP contribution in [0.5, 0.6) is 0 Å². The van der Waals surface area contributed by atoms with Gasteiger partial charge in [-0.2, -0.15) is 0 Å². The Morgan fingerprint density at radius 3 is 2.39 bits per heavy atom. The van der Waals surface area contributed by atoms with Gasteiger partial charge in [0.15, 0.2) is 0 Å². The molecule has 0 radical (unpaired) electrons. The molecule has 0 aliphatic rings. The van der Waals surface area contributed by atoms with E-state index in [1.165, 1.54) is 0 Å². The first kappa shape index (κ1) is 22.2. The van der Waals surface area contributed by atoms with E-state index in [0.717, 1.165) is 22.7 Å². The van der Waals surface area contributed by atoms with Crippen LogP contribution in [0.2, 0.25) is 5.02 Å². The monoisotopic (exact) mass is 422 g/mol. The van der Waals surface area contributed by atoms with Crippen LogP contribution in [0.25, 0.3) is 0 Å². The summed E-state index contributed by atoms with van der Waals surface area (Å²) in [6.07, 6.45) is 1.76. The molecule has 0 saturated heterocycles. The van der Waals surface area contributed by atoms with Gasteiger partial charge in [0, 0.05) is 11.1 Å². The topological polar surface area (TPSA) is 66.5 Å². The predicted octanol–water partition coefficient (Wildman–Crippen LogP) is 4.46. The summed E-state index contributed by atoms with van der Waals surface area (Å²) in [7, 11) is -3.94. The number of sulfonamides is 1. The molecule has 7 heteroatoms. The van der Waals surface area contributed by atoms with E-state index in [1.807, 2.05) is 20.8 Å². The molecule has 2 rings (SSSR count). The van der Waals surface area contributed by atoms with Crippen LogP contribution in [-0.4, -0.2) is 26.9 Å². The third kappa shape index (κ3) is 5.26. The maximum Gasteiger partial charge on any atom is 0.264 e. The lowest BCUT2D eigenvalue weighted by atomic mass is 10.2. The summed E-state index contributed by atoms with van der Waals surface area (Å²) in [6.45, 7) is 7.26. The molecular formula is C21H27ClN2O3S. The highest BCUT2D eigenvalue weighted by atomic mass is 35.5. The van der Waals surface area contributed by atoms with Crippen LogP contribution >= 0.6 is 11.6 Å². The first-order valence-electron chi connectivity index (χ1n) is 9.30. The van der Waals surface area contributed by atoms with Gasteiger partial charge in [-0.15, -0.1) is 0 Å². The number of carbonyl (C=O) groups is 1. The average molecular weight is 423 g/mol. The van der Waals surface area contributed by atoms with Crippen molar-refractivity contribution in [3.8, 4) is 0 Å². The van der Waals surface area contributed by atoms with Crippen LogP contribution in [0.15, 0.2) is 47.4 Å². The van der Waals surface area contributed by atoms with E-state index in [9.17, 15) is 13.2 Å². The molecule has 2 aromatic carbocycles. The number of hydrogen-bond donors (Lipinski definition) is 1. The smallest absolute Gasteiger partial charge is 0.264 e. The van der Waals surface area contributed by atoms with Gasteiger partial charge in [-0.25, -0.2) is 8.42 Å². The second-order valence-electron chi connectivity index (χ2n) is 6.97. The van der Waals surface area contributed by atoms with Gasteiger partial charge in [-0.3, -0.25) is 9.10 Å². The molecule has 0 bridgehead atoms. The minimum Gasteiger partial charge on any atom is -0.352 e. The minimum atomic E-state index is -3.94. The molecule has 0 spiro atoms. The Morgan fingerprint density at radius 1 is 1.14 bits per heavy atom. The Kier molecular flexibility index (Phi) is 7.49. The molecule has 28 heavy (non-hydrogen) atoms. The summed E-state index contributed by atoms with van der Waals surface area (Å²) in [5.41, 5.74) is 1.95. The quantitative estimate of drug-likeness (QED) is 0.683. The summed E-state index contributed by atoms with van der Waals surface area (Å²) in [5, 5.41) is 3.32. The van der Waals surface area contributed by atoms with Gasteiger partial charge < -0.3 is 5.32 Å². The van der Waals surface area contributed by atoms with Crippen molar-refractivity contribution in [1.82, 2.24) is 5.32 Å². The second-order valence-corrected chi connectivity index (χ2v) is 9.24. The molecule has 0 aliphatic carbocycles. The molecule has 0 saturated carbocycles. The SMILES string of the molecule is CCC[C@H](C)NC(=O)CN(c1cccc(Cl)c1C)S(=O)(=O)c1ccc(C)cc1. The molecule has 0 aromatic heterocycles. The highest BCUT2D eigenvalue weighted by molar-refractivity contribution is 7.92. The fourth-order valence-electron chi connectivity index (χ4n) is 2.96. The number of rotatable bonds is 8. The average Bonchev–Trinajstić information content (AvgIpc) is 2.63. The molecule has 152 valence electrons. The zero-order valence-electron chi connectivity index (χ0n) is 16.7. The normalized spacial score (nSPS) is 12.5. The number of anilines is 1. The zero-order valence-corrected chi connectivity index (χ0v) is 18.3. The van der Waals surface area contributed by atoms with Crippen molar-refractivity contribution in [2.75, 3.05) is 10.8 Å². The van der Waals surface area contributed by atoms with Crippen molar-refractivity contribution in [2.45, 2.75) is 51.5 Å². The highest BCUT2D eigenvalue weighted by Gasteiger charge is 2.29. The molecule has 0 aliphatic heterocycles. The molecule has 0 unspecified atom stereocenters. The van der Waals surface area contributed by atoms with E-state index < -0.39 is 10.0 Å². The number of amides is 1. The summed E-state index contributed by atoms with van der Waals surface area (Å²) < 4.78 is 27.8. The molecule has 0 heterocycles. The van der Waals surface area contributed by atoms with Crippen molar-refractivity contribution in [1.29, 1.82) is 0 Å². The summed E-state index contributed by atoms with van der Waals surface area (Å²) in [6, 6.07) is 11.6. The Morgan fingerprint density at radius 2 is 1.79 bits per heavy atom. The third-order valence-corrected chi connectivity index (χ3v) is 6.72. The van der Waals surface area contributed by atoms with Crippen LogP contribution in [0.4, 0.5) is 5.69 Å². The number of aryl methyl sites for hydroxylation is 1. The van der Waals surface area contributed by atoms with Crippen LogP contribution < -0.4 is 9.62 Å². The molecule has 5 nitrogen and oxygen atoms in total. The Labute approximate surface area is 172 Å². The van der Waals surface area contributed by atoms with Crippen LogP contribution in [-0.2, 0) is 14.8 Å². The summed E-state index contributed by atoms with van der Waals surface area (Å²) in [4.78, 5) is 12.7. The Hall–Kier alpha value is -2.05. The van der Waals surface area contributed by atoms with Crippen LogP contribution in [0.1, 0.15) is 37.8 Å². The third-order valence-electron chi connectivity index (χ3n) is 4.53. The van der Waals surface area contributed by atoms with Gasteiger partial charge >= 0.3 is 0 Å². The lowest BCUT2D eigenvalue weighted by molar-refractivity contribution is -0.120. The van der Waals surface area contributed by atoms with Gasteiger partial charge in [0.2, 0.25) is 5.91 Å². The second kappa shape index (κ2) is 9.43. The lowest BCUT2D eigenvalue weighted by Gasteiger charge is -2.26. The van der Waals surface area contributed by atoms with Crippen molar-refractivity contribution < 1.29 is 13.2 Å². The number of carbonyl (C=O) groups excluding carboxylic acids is 1. The van der Waals surface area contributed by atoms with Gasteiger partial charge in [-0.1, -0.05) is 48.7 Å².